The second-order valence-corrected chi connectivity index (χ2v) is 6.33. The summed E-state index contributed by atoms with van der Waals surface area (Å²) in [6.45, 7) is 2.14. The molecule has 0 amide bonds. The Kier molecular flexibility index (Phi) is 3.47. The number of piperidine rings is 1. The van der Waals surface area contributed by atoms with Gasteiger partial charge >= 0.3 is 0 Å². The Bertz CT molecular complexity index is 725. The summed E-state index contributed by atoms with van der Waals surface area (Å²) in [7, 11) is 0. The van der Waals surface area contributed by atoms with Crippen LogP contribution in [0.4, 0.5) is 0 Å². The molecular weight excluding hydrogens is 276 g/mol. The molecule has 1 aliphatic heterocycles. The van der Waals surface area contributed by atoms with Gasteiger partial charge in [0.2, 0.25) is 0 Å². The zero-order valence-electron chi connectivity index (χ0n) is 12.4. The van der Waals surface area contributed by atoms with Gasteiger partial charge in [-0.05, 0) is 31.4 Å². The van der Waals surface area contributed by atoms with Crippen LogP contribution >= 0.6 is 0 Å². The molecule has 2 N–H and O–H groups in total. The van der Waals surface area contributed by atoms with Crippen molar-refractivity contribution in [1.82, 2.24) is 10.3 Å². The fourth-order valence-electron chi connectivity index (χ4n) is 3.78. The van der Waals surface area contributed by atoms with Crippen LogP contribution in [0.15, 0.2) is 47.5 Å². The molecule has 22 heavy (non-hydrogen) atoms. The smallest absolute Gasteiger partial charge is 0.189 e. The fraction of sp³-hybridized carbons (Fsp3) is 0.389. The van der Waals surface area contributed by atoms with Gasteiger partial charge in [0.05, 0.1) is 0 Å². The standard InChI is InChI=1S/C18H20N2O2/c21-16-5-6-19-11-15(16)14-3-1-2-4-17(14)22-18-8-12-7-13(18)10-20-9-12/h1-6,11-13,18,20H,7-10H2,(H,19,21)/t12-,13-,18+/m1/s1. The molecule has 4 rings (SSSR count). The molecule has 4 heteroatoms. The van der Waals surface area contributed by atoms with Gasteiger partial charge in [-0.2, -0.15) is 0 Å². The Morgan fingerprint density at radius 1 is 1.05 bits per heavy atom. The molecule has 3 atom stereocenters. The van der Waals surface area contributed by atoms with E-state index in [9.17, 15) is 4.79 Å². The Morgan fingerprint density at radius 3 is 2.82 bits per heavy atom. The second kappa shape index (κ2) is 5.61. The minimum Gasteiger partial charge on any atom is -0.489 e. The van der Waals surface area contributed by atoms with Gasteiger partial charge in [-0.3, -0.25) is 4.79 Å². The molecule has 0 spiro atoms. The van der Waals surface area contributed by atoms with Gasteiger partial charge in [-0.15, -0.1) is 0 Å². The summed E-state index contributed by atoms with van der Waals surface area (Å²) in [5.74, 6) is 2.13. The number of ether oxygens (including phenoxy) is 1. The van der Waals surface area contributed by atoms with E-state index in [1.807, 2.05) is 24.3 Å². The Labute approximate surface area is 129 Å². The van der Waals surface area contributed by atoms with E-state index in [1.54, 1.807) is 18.5 Å². The Hall–Kier alpha value is -2.07. The van der Waals surface area contributed by atoms with Crippen molar-refractivity contribution in [2.24, 2.45) is 11.8 Å². The third-order valence-corrected chi connectivity index (χ3v) is 4.85. The summed E-state index contributed by atoms with van der Waals surface area (Å²) in [6, 6.07) is 9.40. The Morgan fingerprint density at radius 2 is 1.95 bits per heavy atom. The van der Waals surface area contributed by atoms with Crippen LogP contribution in [0.1, 0.15) is 12.8 Å². The monoisotopic (exact) mass is 296 g/mol. The lowest BCUT2D eigenvalue weighted by Gasteiger charge is -2.23. The van der Waals surface area contributed by atoms with E-state index in [4.69, 9.17) is 4.74 Å². The number of benzene rings is 1. The number of aromatic nitrogens is 1. The van der Waals surface area contributed by atoms with Crippen LogP contribution in [0.5, 0.6) is 5.75 Å². The topological polar surface area (TPSA) is 54.1 Å². The van der Waals surface area contributed by atoms with Gasteiger partial charge < -0.3 is 15.0 Å². The van der Waals surface area contributed by atoms with Crippen molar-refractivity contribution >= 4 is 0 Å². The SMILES string of the molecule is O=c1cc[nH]cc1-c1ccccc1O[C@H]1C[C@@H]2CNC[C@H]1C2. The molecule has 2 aromatic rings. The van der Waals surface area contributed by atoms with Gasteiger partial charge in [-0.1, -0.05) is 18.2 Å². The maximum Gasteiger partial charge on any atom is 0.189 e. The van der Waals surface area contributed by atoms with E-state index >= 15 is 0 Å². The number of hydrogen-bond acceptors (Lipinski definition) is 3. The highest BCUT2D eigenvalue weighted by Gasteiger charge is 2.38. The highest BCUT2D eigenvalue weighted by molar-refractivity contribution is 5.69. The molecule has 0 radical (unpaired) electrons. The van der Waals surface area contributed by atoms with Crippen LogP contribution in [0.25, 0.3) is 11.1 Å². The average molecular weight is 296 g/mol. The first-order valence-corrected chi connectivity index (χ1v) is 7.95. The maximum absolute atomic E-state index is 12.1. The van der Waals surface area contributed by atoms with E-state index in [-0.39, 0.29) is 11.5 Å². The van der Waals surface area contributed by atoms with E-state index in [0.717, 1.165) is 36.7 Å². The number of H-pyrrole nitrogens is 1. The lowest BCUT2D eigenvalue weighted by Crippen LogP contribution is -2.34. The predicted octanol–water partition coefficient (Wildman–Crippen LogP) is 2.42. The van der Waals surface area contributed by atoms with Gasteiger partial charge in [0.15, 0.2) is 5.43 Å². The van der Waals surface area contributed by atoms with Crippen molar-refractivity contribution in [2.45, 2.75) is 18.9 Å². The quantitative estimate of drug-likeness (QED) is 0.914. The van der Waals surface area contributed by atoms with Crippen molar-refractivity contribution in [3.8, 4) is 16.9 Å². The van der Waals surface area contributed by atoms with E-state index in [1.165, 1.54) is 6.42 Å². The summed E-state index contributed by atoms with van der Waals surface area (Å²) in [5, 5.41) is 3.48. The molecular formula is C18H20N2O2. The fourth-order valence-corrected chi connectivity index (χ4v) is 3.78. The average Bonchev–Trinajstić information content (AvgIpc) is 2.82. The van der Waals surface area contributed by atoms with Crippen LogP contribution in [-0.4, -0.2) is 24.2 Å². The minimum atomic E-state index is 0.0154. The molecule has 2 bridgehead atoms. The van der Waals surface area contributed by atoms with Crippen molar-refractivity contribution in [1.29, 1.82) is 0 Å². The van der Waals surface area contributed by atoms with Gasteiger partial charge in [0.1, 0.15) is 11.9 Å². The summed E-state index contributed by atoms with van der Waals surface area (Å²) >= 11 is 0. The number of rotatable bonds is 3. The zero-order chi connectivity index (χ0) is 14.9. The van der Waals surface area contributed by atoms with Crippen LogP contribution in [0.2, 0.25) is 0 Å². The van der Waals surface area contributed by atoms with Crippen LogP contribution in [-0.2, 0) is 0 Å². The molecule has 114 valence electrons. The summed E-state index contributed by atoms with van der Waals surface area (Å²) in [5.41, 5.74) is 1.55. The summed E-state index contributed by atoms with van der Waals surface area (Å²) in [6.07, 6.45) is 6.02. The van der Waals surface area contributed by atoms with Crippen LogP contribution < -0.4 is 15.5 Å². The van der Waals surface area contributed by atoms with Crippen molar-refractivity contribution in [2.75, 3.05) is 13.1 Å². The number of para-hydroxylation sites is 1. The van der Waals surface area contributed by atoms with Crippen molar-refractivity contribution in [3.63, 3.8) is 0 Å². The first kappa shape index (κ1) is 13.6. The van der Waals surface area contributed by atoms with E-state index in [2.05, 4.69) is 10.3 Å². The minimum absolute atomic E-state index is 0.0154. The number of aromatic amines is 1. The third kappa shape index (κ3) is 2.44. The highest BCUT2D eigenvalue weighted by atomic mass is 16.5. The lowest BCUT2D eigenvalue weighted by molar-refractivity contribution is 0.161. The largest absolute Gasteiger partial charge is 0.489 e. The zero-order valence-corrected chi connectivity index (χ0v) is 12.4. The lowest BCUT2D eigenvalue weighted by atomic mass is 10.0. The van der Waals surface area contributed by atoms with Crippen molar-refractivity contribution < 1.29 is 4.74 Å². The molecule has 2 heterocycles. The second-order valence-electron chi connectivity index (χ2n) is 6.33. The molecule has 0 unspecified atom stereocenters. The van der Waals surface area contributed by atoms with E-state index in [0.29, 0.717) is 11.5 Å². The molecule has 1 aliphatic carbocycles. The van der Waals surface area contributed by atoms with Gasteiger partial charge in [0.25, 0.3) is 0 Å². The first-order chi connectivity index (χ1) is 10.8. The normalized spacial score (nSPS) is 26.8. The third-order valence-electron chi connectivity index (χ3n) is 4.85. The van der Waals surface area contributed by atoms with Gasteiger partial charge in [0, 0.05) is 42.0 Å². The number of nitrogens with one attached hydrogen (secondary N) is 2. The summed E-state index contributed by atoms with van der Waals surface area (Å²) < 4.78 is 6.34. The van der Waals surface area contributed by atoms with Gasteiger partial charge in [-0.25, -0.2) is 0 Å². The predicted molar refractivity (Wildman–Crippen MR) is 86.0 cm³/mol. The molecule has 1 saturated carbocycles. The molecule has 2 fully saturated rings. The van der Waals surface area contributed by atoms with Crippen LogP contribution in [0, 0.1) is 11.8 Å². The Balaban J connectivity index is 1.66. The van der Waals surface area contributed by atoms with Crippen molar-refractivity contribution in [3.05, 3.63) is 52.9 Å². The van der Waals surface area contributed by atoms with E-state index < -0.39 is 0 Å². The molecule has 1 saturated heterocycles. The number of pyridine rings is 1. The molecule has 1 aromatic heterocycles. The number of hydrogen-bond donors (Lipinski definition) is 2. The molecule has 1 aromatic carbocycles. The maximum atomic E-state index is 12.1. The molecule has 2 aliphatic rings. The summed E-state index contributed by atoms with van der Waals surface area (Å²) in [4.78, 5) is 15.1. The highest BCUT2D eigenvalue weighted by Crippen LogP contribution is 2.38. The number of fused-ring (bicyclic) bond motifs is 2. The first-order valence-electron chi connectivity index (χ1n) is 7.95. The van der Waals surface area contributed by atoms with Crippen LogP contribution in [0.3, 0.4) is 0 Å². The molecule has 4 nitrogen and oxygen atoms in total.